The number of hydrogen-bond donors (Lipinski definition) is 1. The monoisotopic (exact) mass is 211 g/mol. The number of carbonyl (C=O) groups is 2. The van der Waals surface area contributed by atoms with E-state index in [1.807, 2.05) is 19.1 Å². The zero-order chi connectivity index (χ0) is 11.1. The van der Waals surface area contributed by atoms with E-state index in [0.717, 1.165) is 6.42 Å². The van der Waals surface area contributed by atoms with Gasteiger partial charge >= 0.3 is 6.09 Å². The summed E-state index contributed by atoms with van der Waals surface area (Å²) in [6.07, 6.45) is 5.52. The summed E-state index contributed by atoms with van der Waals surface area (Å²) >= 11 is 0. The van der Waals surface area contributed by atoms with Crippen LogP contribution >= 0.6 is 0 Å². The van der Waals surface area contributed by atoms with Gasteiger partial charge in [-0.1, -0.05) is 6.08 Å². The van der Waals surface area contributed by atoms with Gasteiger partial charge in [0.05, 0.1) is 0 Å². The molecule has 0 saturated heterocycles. The standard InChI is InChI=1S/C11H17NO3/c1-2-12-11(14)15-10-6-4-3-5-9(13)7-8-10/h4,6,10H,2-3,5,7-8H2,1H3,(H,12,14)/b6-4+. The quantitative estimate of drug-likeness (QED) is 0.708. The average Bonchev–Trinajstić information content (AvgIpc) is 2.17. The van der Waals surface area contributed by atoms with Gasteiger partial charge in [-0.15, -0.1) is 0 Å². The SMILES string of the molecule is CCNC(=O)OC1/C=C/CCC(=O)CC1. The number of Topliss-reactive ketones (excluding diaryl/α,β-unsaturated/α-hetero) is 1. The maximum atomic E-state index is 11.2. The number of allylic oxidation sites excluding steroid dienone is 1. The van der Waals surface area contributed by atoms with Crippen molar-refractivity contribution in [1.29, 1.82) is 0 Å². The van der Waals surface area contributed by atoms with Gasteiger partial charge in [-0.25, -0.2) is 4.79 Å². The molecule has 0 spiro atoms. The Morgan fingerprint density at radius 2 is 2.40 bits per heavy atom. The fourth-order valence-electron chi connectivity index (χ4n) is 1.44. The van der Waals surface area contributed by atoms with Gasteiger partial charge in [0, 0.05) is 19.4 Å². The van der Waals surface area contributed by atoms with E-state index in [4.69, 9.17) is 4.74 Å². The van der Waals surface area contributed by atoms with Crippen LogP contribution in [0.4, 0.5) is 4.79 Å². The van der Waals surface area contributed by atoms with E-state index in [1.54, 1.807) is 0 Å². The maximum absolute atomic E-state index is 11.2. The molecule has 0 heterocycles. The number of rotatable bonds is 2. The summed E-state index contributed by atoms with van der Waals surface area (Å²) in [7, 11) is 0. The van der Waals surface area contributed by atoms with Crippen LogP contribution in [0.2, 0.25) is 0 Å². The summed E-state index contributed by atoms with van der Waals surface area (Å²) in [5.41, 5.74) is 0. The summed E-state index contributed by atoms with van der Waals surface area (Å²) in [6.45, 7) is 2.38. The molecule has 0 aromatic carbocycles. The molecule has 4 heteroatoms. The van der Waals surface area contributed by atoms with E-state index in [2.05, 4.69) is 5.32 Å². The highest BCUT2D eigenvalue weighted by atomic mass is 16.6. The van der Waals surface area contributed by atoms with Crippen LogP contribution < -0.4 is 5.32 Å². The largest absolute Gasteiger partial charge is 0.442 e. The number of hydrogen-bond acceptors (Lipinski definition) is 3. The van der Waals surface area contributed by atoms with Crippen molar-refractivity contribution in [1.82, 2.24) is 5.32 Å². The summed E-state index contributed by atoms with van der Waals surface area (Å²) in [5, 5.41) is 2.56. The van der Waals surface area contributed by atoms with Gasteiger partial charge in [0.1, 0.15) is 11.9 Å². The van der Waals surface area contributed by atoms with Crippen molar-refractivity contribution in [3.63, 3.8) is 0 Å². The van der Waals surface area contributed by atoms with Gasteiger partial charge < -0.3 is 10.1 Å². The minimum Gasteiger partial charge on any atom is -0.442 e. The molecule has 0 aromatic rings. The maximum Gasteiger partial charge on any atom is 0.407 e. The normalized spacial score (nSPS) is 23.8. The van der Waals surface area contributed by atoms with E-state index < -0.39 is 6.09 Å². The van der Waals surface area contributed by atoms with Gasteiger partial charge in [0.2, 0.25) is 0 Å². The third-order valence-electron chi connectivity index (χ3n) is 2.23. The second kappa shape index (κ2) is 6.22. The average molecular weight is 211 g/mol. The Morgan fingerprint density at radius 1 is 1.60 bits per heavy atom. The fourth-order valence-corrected chi connectivity index (χ4v) is 1.44. The highest BCUT2D eigenvalue weighted by Crippen LogP contribution is 2.11. The van der Waals surface area contributed by atoms with Crippen molar-refractivity contribution >= 4 is 11.9 Å². The van der Waals surface area contributed by atoms with Crippen LogP contribution in [0.3, 0.4) is 0 Å². The Morgan fingerprint density at radius 3 is 3.13 bits per heavy atom. The smallest absolute Gasteiger partial charge is 0.407 e. The molecule has 0 fully saturated rings. The van der Waals surface area contributed by atoms with Crippen molar-refractivity contribution in [3.8, 4) is 0 Å². The van der Waals surface area contributed by atoms with Crippen molar-refractivity contribution in [2.24, 2.45) is 0 Å². The molecule has 84 valence electrons. The molecule has 1 amide bonds. The van der Waals surface area contributed by atoms with Crippen LogP contribution in [-0.4, -0.2) is 24.5 Å². The van der Waals surface area contributed by atoms with Crippen LogP contribution in [-0.2, 0) is 9.53 Å². The van der Waals surface area contributed by atoms with Gasteiger partial charge in [-0.05, 0) is 25.8 Å². The number of alkyl carbamates (subject to hydrolysis) is 1. The molecule has 0 saturated carbocycles. The van der Waals surface area contributed by atoms with Crippen LogP contribution in [0.15, 0.2) is 12.2 Å². The summed E-state index contributed by atoms with van der Waals surface area (Å²) in [4.78, 5) is 22.3. The second-order valence-corrected chi connectivity index (χ2v) is 3.52. The molecule has 0 radical (unpaired) electrons. The molecule has 1 aliphatic carbocycles. The van der Waals surface area contributed by atoms with Crippen molar-refractivity contribution < 1.29 is 14.3 Å². The van der Waals surface area contributed by atoms with Gasteiger partial charge in [-0.3, -0.25) is 4.79 Å². The molecule has 0 aliphatic heterocycles. The van der Waals surface area contributed by atoms with E-state index in [1.165, 1.54) is 0 Å². The van der Waals surface area contributed by atoms with Crippen LogP contribution in [0.25, 0.3) is 0 Å². The zero-order valence-corrected chi connectivity index (χ0v) is 8.99. The van der Waals surface area contributed by atoms with Gasteiger partial charge in [0.15, 0.2) is 0 Å². The highest BCUT2D eigenvalue weighted by molar-refractivity contribution is 5.78. The van der Waals surface area contributed by atoms with E-state index >= 15 is 0 Å². The highest BCUT2D eigenvalue weighted by Gasteiger charge is 2.14. The predicted molar refractivity (Wildman–Crippen MR) is 56.6 cm³/mol. The molecule has 1 atom stereocenters. The minimum atomic E-state index is -0.417. The topological polar surface area (TPSA) is 55.4 Å². The number of amides is 1. The Bertz CT molecular complexity index is 261. The molecule has 0 bridgehead atoms. The van der Waals surface area contributed by atoms with Crippen LogP contribution in [0.1, 0.15) is 32.6 Å². The summed E-state index contributed by atoms with van der Waals surface area (Å²) < 4.78 is 5.13. The Balaban J connectivity index is 2.42. The number of carbonyl (C=O) groups excluding carboxylic acids is 2. The third-order valence-corrected chi connectivity index (χ3v) is 2.23. The molecule has 1 aliphatic rings. The first-order chi connectivity index (χ1) is 7.22. The lowest BCUT2D eigenvalue weighted by Crippen LogP contribution is -2.28. The molecule has 15 heavy (non-hydrogen) atoms. The Hall–Kier alpha value is -1.32. The summed E-state index contributed by atoms with van der Waals surface area (Å²) in [5.74, 6) is 0.240. The Labute approximate surface area is 89.7 Å². The molecule has 1 unspecified atom stereocenters. The lowest BCUT2D eigenvalue weighted by atomic mass is 10.0. The van der Waals surface area contributed by atoms with E-state index in [9.17, 15) is 9.59 Å². The number of nitrogens with one attached hydrogen (secondary N) is 1. The molecule has 0 aromatic heterocycles. The van der Waals surface area contributed by atoms with E-state index in [0.29, 0.717) is 25.8 Å². The molecule has 1 N–H and O–H groups in total. The van der Waals surface area contributed by atoms with Crippen molar-refractivity contribution in [2.75, 3.05) is 6.54 Å². The van der Waals surface area contributed by atoms with Gasteiger partial charge in [0.25, 0.3) is 0 Å². The van der Waals surface area contributed by atoms with Crippen LogP contribution in [0.5, 0.6) is 0 Å². The minimum absolute atomic E-state index is 0.240. The first kappa shape index (κ1) is 11.8. The first-order valence-electron chi connectivity index (χ1n) is 5.35. The predicted octanol–water partition coefficient (Wildman–Crippen LogP) is 1.80. The van der Waals surface area contributed by atoms with Gasteiger partial charge in [-0.2, -0.15) is 0 Å². The third kappa shape index (κ3) is 4.63. The van der Waals surface area contributed by atoms with Crippen molar-refractivity contribution in [2.45, 2.75) is 38.7 Å². The number of ether oxygens (including phenoxy) is 1. The molecular weight excluding hydrogens is 194 g/mol. The van der Waals surface area contributed by atoms with E-state index in [-0.39, 0.29) is 11.9 Å². The van der Waals surface area contributed by atoms with Crippen molar-refractivity contribution in [3.05, 3.63) is 12.2 Å². The lowest BCUT2D eigenvalue weighted by Gasteiger charge is -2.15. The first-order valence-corrected chi connectivity index (χ1v) is 5.35. The molecule has 1 rings (SSSR count). The Kier molecular flexibility index (Phi) is 4.87. The molecular formula is C11H17NO3. The summed E-state index contributed by atoms with van der Waals surface area (Å²) in [6, 6.07) is 0. The lowest BCUT2D eigenvalue weighted by molar-refractivity contribution is -0.119. The fraction of sp³-hybridized carbons (Fsp3) is 0.636. The number of ketones is 1. The second-order valence-electron chi connectivity index (χ2n) is 3.52. The zero-order valence-electron chi connectivity index (χ0n) is 8.99. The molecule has 4 nitrogen and oxygen atoms in total. The van der Waals surface area contributed by atoms with Crippen LogP contribution in [0, 0.1) is 0 Å².